The molecule has 1 unspecified atom stereocenters. The molecule has 0 saturated heterocycles. The first-order chi connectivity index (χ1) is 7.97. The second-order valence-electron chi connectivity index (χ2n) is 4.02. The lowest BCUT2D eigenvalue weighted by Crippen LogP contribution is -2.24. The average molecular weight is 239 g/mol. The van der Waals surface area contributed by atoms with Gasteiger partial charge in [-0.1, -0.05) is 13.3 Å². The summed E-state index contributed by atoms with van der Waals surface area (Å²) in [7, 11) is 3.25. The quantitative estimate of drug-likeness (QED) is 0.832. The Morgan fingerprint density at radius 3 is 2.65 bits per heavy atom. The fourth-order valence-corrected chi connectivity index (χ4v) is 1.50. The van der Waals surface area contributed by atoms with Crippen molar-refractivity contribution < 1.29 is 14.7 Å². The van der Waals surface area contributed by atoms with E-state index in [0.717, 1.165) is 6.42 Å². The molecule has 1 rings (SSSR count). The van der Waals surface area contributed by atoms with Gasteiger partial charge in [-0.2, -0.15) is 5.10 Å². The van der Waals surface area contributed by atoms with Gasteiger partial charge in [0.15, 0.2) is 0 Å². The summed E-state index contributed by atoms with van der Waals surface area (Å²) in [6.45, 7) is 1.91. The first-order valence-electron chi connectivity index (χ1n) is 5.47. The molecular formula is C11H17N3O3. The summed E-state index contributed by atoms with van der Waals surface area (Å²) < 4.78 is 1.34. The minimum atomic E-state index is -0.932. The highest BCUT2D eigenvalue weighted by Gasteiger charge is 2.21. The number of hydrogen-bond donors (Lipinski definition) is 1. The van der Waals surface area contributed by atoms with E-state index >= 15 is 0 Å². The van der Waals surface area contributed by atoms with Crippen LogP contribution in [0.4, 0.5) is 0 Å². The molecule has 1 N–H and O–H groups in total. The smallest absolute Gasteiger partial charge is 0.328 e. The zero-order valence-electron chi connectivity index (χ0n) is 10.3. The normalized spacial score (nSPS) is 12.2. The van der Waals surface area contributed by atoms with E-state index in [-0.39, 0.29) is 11.6 Å². The summed E-state index contributed by atoms with van der Waals surface area (Å²) in [6.07, 6.45) is 2.77. The minimum Gasteiger partial charge on any atom is -0.480 e. The molecule has 0 aliphatic heterocycles. The molecule has 17 heavy (non-hydrogen) atoms. The number of hydrogen-bond acceptors (Lipinski definition) is 3. The second kappa shape index (κ2) is 5.47. The summed E-state index contributed by atoms with van der Waals surface area (Å²) in [5.41, 5.74) is 0.261. The Bertz CT molecular complexity index is 412. The van der Waals surface area contributed by atoms with E-state index in [9.17, 15) is 9.59 Å². The van der Waals surface area contributed by atoms with E-state index < -0.39 is 12.0 Å². The molecule has 0 aromatic carbocycles. The number of carbonyl (C=O) groups is 2. The van der Waals surface area contributed by atoms with E-state index in [1.807, 2.05) is 6.92 Å². The van der Waals surface area contributed by atoms with Gasteiger partial charge in [-0.15, -0.1) is 0 Å². The van der Waals surface area contributed by atoms with Crippen molar-refractivity contribution in [1.82, 2.24) is 14.7 Å². The maximum atomic E-state index is 11.6. The zero-order chi connectivity index (χ0) is 13.0. The first kappa shape index (κ1) is 13.2. The fraction of sp³-hybridized carbons (Fsp3) is 0.545. The van der Waals surface area contributed by atoms with E-state index in [1.54, 1.807) is 14.1 Å². The van der Waals surface area contributed by atoms with Gasteiger partial charge in [-0.3, -0.25) is 9.48 Å². The summed E-state index contributed by atoms with van der Waals surface area (Å²) >= 11 is 0. The summed E-state index contributed by atoms with van der Waals surface area (Å²) in [4.78, 5) is 24.1. The highest BCUT2D eigenvalue weighted by Crippen LogP contribution is 2.14. The molecule has 1 aromatic heterocycles. The average Bonchev–Trinajstić information content (AvgIpc) is 2.73. The van der Waals surface area contributed by atoms with Crippen LogP contribution in [0.15, 0.2) is 12.3 Å². The molecular weight excluding hydrogens is 222 g/mol. The topological polar surface area (TPSA) is 75.4 Å². The molecule has 1 aromatic rings. The molecule has 6 heteroatoms. The Labute approximate surface area is 99.8 Å². The predicted molar refractivity (Wildman–Crippen MR) is 61.8 cm³/mol. The maximum absolute atomic E-state index is 11.6. The third kappa shape index (κ3) is 3.05. The van der Waals surface area contributed by atoms with Crippen LogP contribution < -0.4 is 0 Å². The van der Waals surface area contributed by atoms with E-state index in [0.29, 0.717) is 6.42 Å². The molecule has 1 amide bonds. The number of amides is 1. The van der Waals surface area contributed by atoms with Gasteiger partial charge < -0.3 is 10.0 Å². The van der Waals surface area contributed by atoms with Crippen molar-refractivity contribution in [3.8, 4) is 0 Å². The van der Waals surface area contributed by atoms with Crippen LogP contribution in [0.1, 0.15) is 36.3 Å². The summed E-state index contributed by atoms with van der Waals surface area (Å²) in [5.74, 6) is -1.16. The molecule has 1 heterocycles. The number of aliphatic carboxylic acids is 1. The molecule has 0 spiro atoms. The van der Waals surface area contributed by atoms with E-state index in [1.165, 1.54) is 21.8 Å². The SMILES string of the molecule is CCCC(C(=O)O)n1ccc(C(=O)N(C)C)n1. The highest BCUT2D eigenvalue weighted by atomic mass is 16.4. The van der Waals surface area contributed by atoms with Crippen molar-refractivity contribution in [1.29, 1.82) is 0 Å². The molecule has 0 aliphatic carbocycles. The number of aromatic nitrogens is 2. The zero-order valence-corrected chi connectivity index (χ0v) is 10.3. The predicted octanol–water partition coefficient (Wildman–Crippen LogP) is 1.01. The van der Waals surface area contributed by atoms with Crippen molar-refractivity contribution in [2.24, 2.45) is 0 Å². The van der Waals surface area contributed by atoms with Crippen molar-refractivity contribution in [3.63, 3.8) is 0 Å². The standard InChI is InChI=1S/C11H17N3O3/c1-4-5-9(11(16)17)14-7-6-8(12-14)10(15)13(2)3/h6-7,9H,4-5H2,1-3H3,(H,16,17). The van der Waals surface area contributed by atoms with Gasteiger partial charge in [0.1, 0.15) is 11.7 Å². The minimum absolute atomic E-state index is 0.232. The number of carboxylic acid groups (broad SMARTS) is 1. The van der Waals surface area contributed by atoms with Crippen LogP contribution in [-0.4, -0.2) is 45.8 Å². The molecule has 94 valence electrons. The van der Waals surface area contributed by atoms with Gasteiger partial charge in [-0.25, -0.2) is 4.79 Å². The van der Waals surface area contributed by atoms with Crippen molar-refractivity contribution in [3.05, 3.63) is 18.0 Å². The van der Waals surface area contributed by atoms with Crippen LogP contribution in [0.3, 0.4) is 0 Å². The van der Waals surface area contributed by atoms with Gasteiger partial charge >= 0.3 is 5.97 Å². The van der Waals surface area contributed by atoms with Crippen LogP contribution in [0.2, 0.25) is 0 Å². The van der Waals surface area contributed by atoms with Crippen LogP contribution >= 0.6 is 0 Å². The fourth-order valence-electron chi connectivity index (χ4n) is 1.50. The number of carbonyl (C=O) groups excluding carboxylic acids is 1. The van der Waals surface area contributed by atoms with Gasteiger partial charge in [0, 0.05) is 20.3 Å². The van der Waals surface area contributed by atoms with Gasteiger partial charge in [-0.05, 0) is 12.5 Å². The van der Waals surface area contributed by atoms with E-state index in [4.69, 9.17) is 5.11 Å². The molecule has 1 atom stereocenters. The molecule has 0 aliphatic rings. The molecule has 0 bridgehead atoms. The second-order valence-corrected chi connectivity index (χ2v) is 4.02. The summed E-state index contributed by atoms with van der Waals surface area (Å²) in [5, 5.41) is 13.1. The van der Waals surface area contributed by atoms with Crippen LogP contribution in [-0.2, 0) is 4.79 Å². The van der Waals surface area contributed by atoms with Gasteiger partial charge in [0.05, 0.1) is 0 Å². The number of nitrogens with zero attached hydrogens (tertiary/aromatic N) is 3. The van der Waals surface area contributed by atoms with Gasteiger partial charge in [0.25, 0.3) is 5.91 Å². The van der Waals surface area contributed by atoms with Gasteiger partial charge in [0.2, 0.25) is 0 Å². The Balaban J connectivity index is 2.92. The summed E-state index contributed by atoms with van der Waals surface area (Å²) in [6, 6.07) is 0.831. The lowest BCUT2D eigenvalue weighted by atomic mass is 10.2. The molecule has 0 saturated carbocycles. The third-order valence-electron chi connectivity index (χ3n) is 2.40. The highest BCUT2D eigenvalue weighted by molar-refractivity contribution is 5.91. The maximum Gasteiger partial charge on any atom is 0.328 e. The lowest BCUT2D eigenvalue weighted by molar-refractivity contribution is -0.141. The number of carboxylic acids is 1. The van der Waals surface area contributed by atoms with E-state index in [2.05, 4.69) is 5.10 Å². The first-order valence-corrected chi connectivity index (χ1v) is 5.47. The Hall–Kier alpha value is -1.85. The Morgan fingerprint density at radius 1 is 1.53 bits per heavy atom. The Morgan fingerprint density at radius 2 is 2.18 bits per heavy atom. The third-order valence-corrected chi connectivity index (χ3v) is 2.40. The lowest BCUT2D eigenvalue weighted by Gasteiger charge is -2.11. The largest absolute Gasteiger partial charge is 0.480 e. The van der Waals surface area contributed by atoms with Crippen LogP contribution in [0.25, 0.3) is 0 Å². The van der Waals surface area contributed by atoms with Crippen LogP contribution in [0.5, 0.6) is 0 Å². The van der Waals surface area contributed by atoms with Crippen molar-refractivity contribution in [2.75, 3.05) is 14.1 Å². The monoisotopic (exact) mass is 239 g/mol. The number of rotatable bonds is 5. The van der Waals surface area contributed by atoms with Crippen molar-refractivity contribution in [2.45, 2.75) is 25.8 Å². The van der Waals surface area contributed by atoms with Crippen LogP contribution in [0, 0.1) is 0 Å². The molecule has 0 radical (unpaired) electrons. The van der Waals surface area contributed by atoms with Crippen molar-refractivity contribution >= 4 is 11.9 Å². The molecule has 6 nitrogen and oxygen atoms in total. The molecule has 0 fully saturated rings. The Kier molecular flexibility index (Phi) is 4.25.